The Morgan fingerprint density at radius 1 is 1.09 bits per heavy atom. The first kappa shape index (κ1) is 20.8. The van der Waals surface area contributed by atoms with E-state index in [2.05, 4.69) is 20.3 Å². The summed E-state index contributed by atoms with van der Waals surface area (Å²) in [5.41, 5.74) is 4.05. The normalized spacial score (nSPS) is 11.1. The molecule has 0 aliphatic heterocycles. The molecule has 1 amide bonds. The van der Waals surface area contributed by atoms with Crippen LogP contribution < -0.4 is 4.90 Å². The summed E-state index contributed by atoms with van der Waals surface area (Å²) in [5.74, 6) is -0.700. The predicted octanol–water partition coefficient (Wildman–Crippen LogP) is 4.85. The van der Waals surface area contributed by atoms with E-state index in [0.717, 1.165) is 16.8 Å². The number of hydrogen-bond acceptors (Lipinski definition) is 4. The van der Waals surface area contributed by atoms with Gasteiger partial charge in [-0.2, -0.15) is 0 Å². The van der Waals surface area contributed by atoms with Gasteiger partial charge in [0.15, 0.2) is 0 Å². The minimum Gasteiger partial charge on any atom is -0.351 e. The van der Waals surface area contributed by atoms with Gasteiger partial charge in [0, 0.05) is 28.0 Å². The summed E-state index contributed by atoms with van der Waals surface area (Å²) in [6.45, 7) is -0.0383. The number of carbonyl (C=O) groups excluding carboxylic acids is 1. The van der Waals surface area contributed by atoms with Gasteiger partial charge in [0.2, 0.25) is 5.91 Å². The summed E-state index contributed by atoms with van der Waals surface area (Å²) in [4.78, 5) is 22.1. The minimum absolute atomic E-state index is 0.0135. The molecular formula is C24H18ClFN6O. The van der Waals surface area contributed by atoms with Crippen LogP contribution in [0.4, 0.5) is 10.1 Å². The van der Waals surface area contributed by atoms with Gasteiger partial charge in [-0.05, 0) is 42.5 Å². The van der Waals surface area contributed by atoms with Crippen molar-refractivity contribution < 1.29 is 9.18 Å². The van der Waals surface area contributed by atoms with Crippen LogP contribution in [0, 0.1) is 5.82 Å². The second-order valence-corrected chi connectivity index (χ2v) is 7.89. The maximum atomic E-state index is 14.5. The Morgan fingerprint density at radius 2 is 1.91 bits per heavy atom. The van der Waals surface area contributed by atoms with E-state index in [1.54, 1.807) is 12.5 Å². The Kier molecular flexibility index (Phi) is 5.58. The average Bonchev–Trinajstić information content (AvgIpc) is 3.51. The summed E-state index contributed by atoms with van der Waals surface area (Å²) in [7, 11) is 0. The molecule has 5 aromatic rings. The van der Waals surface area contributed by atoms with Gasteiger partial charge >= 0.3 is 0 Å². The van der Waals surface area contributed by atoms with Crippen molar-refractivity contribution in [3.05, 3.63) is 95.7 Å². The third-order valence-corrected chi connectivity index (χ3v) is 5.55. The highest BCUT2D eigenvalue weighted by Crippen LogP contribution is 2.25. The van der Waals surface area contributed by atoms with E-state index >= 15 is 0 Å². The molecule has 0 aliphatic rings. The number of aromatic amines is 1. The van der Waals surface area contributed by atoms with Crippen LogP contribution in [0.2, 0.25) is 5.02 Å². The highest BCUT2D eigenvalue weighted by atomic mass is 35.5. The fourth-order valence-electron chi connectivity index (χ4n) is 3.64. The first-order chi connectivity index (χ1) is 16.1. The Balaban J connectivity index is 1.49. The van der Waals surface area contributed by atoms with Crippen molar-refractivity contribution in [3.63, 3.8) is 0 Å². The Bertz CT molecular complexity index is 1410. The number of para-hydroxylation sites is 1. The number of imidazole rings is 1. The molecule has 0 unspecified atom stereocenters. The maximum Gasteiger partial charge on any atom is 0.249 e. The molecule has 1 N–H and O–H groups in total. The number of nitrogens with one attached hydrogen (secondary N) is 1. The van der Waals surface area contributed by atoms with Gasteiger partial charge in [0.1, 0.15) is 17.9 Å². The molecule has 0 atom stereocenters. The van der Waals surface area contributed by atoms with Crippen molar-refractivity contribution in [1.29, 1.82) is 0 Å². The fourth-order valence-corrected chi connectivity index (χ4v) is 3.83. The van der Waals surface area contributed by atoms with Gasteiger partial charge < -0.3 is 9.88 Å². The quantitative estimate of drug-likeness (QED) is 0.393. The standard InChI is InChI=1S/C24H18ClFN6O/c25-18-7-10-20(26)17(11-18)13-31(19-8-5-16(6-9-19)22-12-27-15-28-22)24(33)14-32-23-4-2-1-3-21(23)29-30-32/h1-12,15H,13-14H2,(H,27,28). The molecule has 2 heterocycles. The van der Waals surface area contributed by atoms with Crippen molar-refractivity contribution >= 4 is 34.2 Å². The summed E-state index contributed by atoms with van der Waals surface area (Å²) in [6.07, 6.45) is 3.39. The first-order valence-corrected chi connectivity index (χ1v) is 10.6. The van der Waals surface area contributed by atoms with Crippen LogP contribution in [0.1, 0.15) is 5.56 Å². The number of aromatic nitrogens is 5. The average molecular weight is 461 g/mol. The molecule has 164 valence electrons. The van der Waals surface area contributed by atoms with E-state index in [1.165, 1.54) is 27.8 Å². The zero-order valence-corrected chi connectivity index (χ0v) is 18.1. The molecule has 0 radical (unpaired) electrons. The molecule has 0 saturated heterocycles. The Labute approximate surface area is 193 Å². The number of nitrogens with zero attached hydrogens (tertiary/aromatic N) is 5. The number of carbonyl (C=O) groups is 1. The van der Waals surface area contributed by atoms with Gasteiger partial charge in [-0.3, -0.25) is 4.79 Å². The SMILES string of the molecule is O=C(Cn1nnc2ccccc21)N(Cc1cc(Cl)ccc1F)c1ccc(-c2c[nH]cn2)cc1. The number of amides is 1. The molecule has 0 bridgehead atoms. The van der Waals surface area contributed by atoms with Crippen LogP contribution in [0.15, 0.2) is 79.3 Å². The molecule has 0 aliphatic carbocycles. The Hall–Kier alpha value is -4.04. The largest absolute Gasteiger partial charge is 0.351 e. The van der Waals surface area contributed by atoms with Crippen LogP contribution in [-0.4, -0.2) is 30.9 Å². The number of anilines is 1. The van der Waals surface area contributed by atoms with E-state index in [0.29, 0.717) is 21.8 Å². The second-order valence-electron chi connectivity index (χ2n) is 7.45. The zero-order valence-electron chi connectivity index (χ0n) is 17.3. The topological polar surface area (TPSA) is 79.7 Å². The zero-order chi connectivity index (χ0) is 22.8. The van der Waals surface area contributed by atoms with Crippen molar-refractivity contribution in [2.24, 2.45) is 0 Å². The first-order valence-electron chi connectivity index (χ1n) is 10.2. The number of rotatable bonds is 6. The number of fused-ring (bicyclic) bond motifs is 1. The van der Waals surface area contributed by atoms with E-state index in [9.17, 15) is 9.18 Å². The molecule has 9 heteroatoms. The van der Waals surface area contributed by atoms with E-state index in [1.807, 2.05) is 48.5 Å². The van der Waals surface area contributed by atoms with E-state index in [-0.39, 0.29) is 19.0 Å². The smallest absolute Gasteiger partial charge is 0.249 e. The van der Waals surface area contributed by atoms with Crippen LogP contribution in [-0.2, 0) is 17.9 Å². The van der Waals surface area contributed by atoms with Gasteiger partial charge in [0.25, 0.3) is 0 Å². The van der Waals surface area contributed by atoms with Crippen LogP contribution in [0.3, 0.4) is 0 Å². The third-order valence-electron chi connectivity index (χ3n) is 5.32. The van der Waals surface area contributed by atoms with Gasteiger partial charge in [-0.1, -0.05) is 41.1 Å². The number of hydrogen-bond donors (Lipinski definition) is 1. The summed E-state index contributed by atoms with van der Waals surface area (Å²) < 4.78 is 16.0. The minimum atomic E-state index is -0.434. The molecule has 5 rings (SSSR count). The second kappa shape index (κ2) is 8.84. The lowest BCUT2D eigenvalue weighted by Gasteiger charge is -2.24. The van der Waals surface area contributed by atoms with Gasteiger partial charge in [-0.15, -0.1) is 5.10 Å². The van der Waals surface area contributed by atoms with E-state index in [4.69, 9.17) is 11.6 Å². The predicted molar refractivity (Wildman–Crippen MR) is 124 cm³/mol. The lowest BCUT2D eigenvalue weighted by Crippen LogP contribution is -2.34. The fraction of sp³-hybridized carbons (Fsp3) is 0.0833. The molecule has 3 aromatic carbocycles. The molecule has 33 heavy (non-hydrogen) atoms. The monoisotopic (exact) mass is 460 g/mol. The van der Waals surface area contributed by atoms with Crippen molar-refractivity contribution in [1.82, 2.24) is 25.0 Å². The molecule has 0 saturated carbocycles. The summed E-state index contributed by atoms with van der Waals surface area (Å²) >= 11 is 6.08. The number of halogens is 2. The van der Waals surface area contributed by atoms with Gasteiger partial charge in [-0.25, -0.2) is 14.1 Å². The van der Waals surface area contributed by atoms with E-state index < -0.39 is 5.82 Å². The van der Waals surface area contributed by atoms with Crippen molar-refractivity contribution in [3.8, 4) is 11.3 Å². The molecule has 0 fully saturated rings. The van der Waals surface area contributed by atoms with Crippen LogP contribution >= 0.6 is 11.6 Å². The Morgan fingerprint density at radius 3 is 2.70 bits per heavy atom. The molecule has 0 spiro atoms. The summed E-state index contributed by atoms with van der Waals surface area (Å²) in [5, 5.41) is 8.62. The third kappa shape index (κ3) is 4.33. The molecule has 7 nitrogen and oxygen atoms in total. The number of benzene rings is 3. The summed E-state index contributed by atoms with van der Waals surface area (Å²) in [6, 6.07) is 19.1. The highest BCUT2D eigenvalue weighted by molar-refractivity contribution is 6.30. The highest BCUT2D eigenvalue weighted by Gasteiger charge is 2.20. The van der Waals surface area contributed by atoms with Crippen LogP contribution in [0.5, 0.6) is 0 Å². The molecular weight excluding hydrogens is 443 g/mol. The lowest BCUT2D eigenvalue weighted by molar-refractivity contribution is -0.119. The lowest BCUT2D eigenvalue weighted by atomic mass is 10.1. The van der Waals surface area contributed by atoms with Crippen molar-refractivity contribution in [2.45, 2.75) is 13.1 Å². The molecule has 2 aromatic heterocycles. The maximum absolute atomic E-state index is 14.5. The number of H-pyrrole nitrogens is 1. The van der Waals surface area contributed by atoms with Gasteiger partial charge in [0.05, 0.1) is 24.1 Å². The van der Waals surface area contributed by atoms with Crippen LogP contribution in [0.25, 0.3) is 22.3 Å². The van der Waals surface area contributed by atoms with Crippen molar-refractivity contribution in [2.75, 3.05) is 4.90 Å².